The maximum Gasteiger partial charge on any atom is 0.243 e. The maximum absolute atomic E-state index is 13.1. The van der Waals surface area contributed by atoms with Crippen molar-refractivity contribution >= 4 is 21.8 Å². The maximum atomic E-state index is 13.1. The molecule has 0 spiro atoms. The molecule has 0 aliphatic carbocycles. The van der Waals surface area contributed by atoms with Crippen LogP contribution in [0.2, 0.25) is 0 Å². The van der Waals surface area contributed by atoms with E-state index < -0.39 is 15.9 Å². The second kappa shape index (κ2) is 12.6. The first kappa shape index (κ1) is 29.3. The van der Waals surface area contributed by atoms with Gasteiger partial charge in [-0.3, -0.25) is 14.5 Å². The predicted molar refractivity (Wildman–Crippen MR) is 143 cm³/mol. The molecule has 1 unspecified atom stereocenters. The average molecular weight is 538 g/mol. The Kier molecular flexibility index (Phi) is 9.96. The van der Waals surface area contributed by atoms with Crippen LogP contribution in [-0.4, -0.2) is 119 Å². The monoisotopic (exact) mass is 537 g/mol. The highest BCUT2D eigenvalue weighted by atomic mass is 32.2. The summed E-state index contributed by atoms with van der Waals surface area (Å²) >= 11 is 0. The molecule has 208 valence electrons. The van der Waals surface area contributed by atoms with Gasteiger partial charge in [0.05, 0.1) is 25.1 Å². The molecule has 2 heterocycles. The number of amides is 2. The van der Waals surface area contributed by atoms with Crippen LogP contribution in [0.5, 0.6) is 5.75 Å². The number of methoxy groups -OCH3 is 1. The minimum atomic E-state index is -3.89. The summed E-state index contributed by atoms with van der Waals surface area (Å²) in [6.07, 6.45) is 3.36. The van der Waals surface area contributed by atoms with Crippen molar-refractivity contribution in [3.63, 3.8) is 0 Å². The van der Waals surface area contributed by atoms with Crippen molar-refractivity contribution in [2.24, 2.45) is 5.92 Å². The zero-order valence-corrected chi connectivity index (χ0v) is 23.9. The Hall–Kier alpha value is -2.21. The van der Waals surface area contributed by atoms with Crippen LogP contribution >= 0.6 is 0 Å². The molecule has 1 aromatic carbocycles. The summed E-state index contributed by atoms with van der Waals surface area (Å²) in [6.45, 7) is 7.96. The lowest BCUT2D eigenvalue weighted by Gasteiger charge is -2.37. The standard InChI is InChI=1S/C26H43N5O5S/c1-19-13-23(36-6)14-20(2)26(19)37(34,35)30(5)18-24(32)27-15-25(33)29(4)16-21-7-11-31(12-8-21)22-9-10-28(3)17-22/h13-14,21-22H,7-12,15-18H2,1-6H3,(H,27,32). The SMILES string of the molecule is COc1cc(C)c(S(=O)(=O)N(C)CC(=O)NCC(=O)N(C)CC2CCN(C3CCN(C)C3)CC2)c(C)c1. The molecule has 37 heavy (non-hydrogen) atoms. The lowest BCUT2D eigenvalue weighted by molar-refractivity contribution is -0.132. The van der Waals surface area contributed by atoms with Crippen LogP contribution in [-0.2, 0) is 19.6 Å². The van der Waals surface area contributed by atoms with Gasteiger partial charge >= 0.3 is 0 Å². The summed E-state index contributed by atoms with van der Waals surface area (Å²) in [5, 5.41) is 2.58. The number of carbonyl (C=O) groups excluding carboxylic acids is 2. The highest BCUT2D eigenvalue weighted by molar-refractivity contribution is 7.89. The number of likely N-dealkylation sites (tertiary alicyclic amines) is 2. The van der Waals surface area contributed by atoms with Crippen LogP contribution in [0.3, 0.4) is 0 Å². The zero-order valence-electron chi connectivity index (χ0n) is 23.1. The second-order valence-electron chi connectivity index (χ2n) is 10.6. The van der Waals surface area contributed by atoms with E-state index >= 15 is 0 Å². The molecular weight excluding hydrogens is 494 g/mol. The van der Waals surface area contributed by atoms with Gasteiger partial charge in [-0.15, -0.1) is 0 Å². The minimum absolute atomic E-state index is 0.156. The van der Waals surface area contributed by atoms with Crippen LogP contribution in [0.4, 0.5) is 0 Å². The third kappa shape index (κ3) is 7.43. The molecule has 2 fully saturated rings. The Morgan fingerprint density at radius 3 is 2.24 bits per heavy atom. The van der Waals surface area contributed by atoms with Crippen molar-refractivity contribution < 1.29 is 22.7 Å². The van der Waals surface area contributed by atoms with Crippen LogP contribution in [0, 0.1) is 19.8 Å². The summed E-state index contributed by atoms with van der Waals surface area (Å²) in [5.41, 5.74) is 1.09. The first-order chi connectivity index (χ1) is 17.4. The molecule has 1 atom stereocenters. The number of rotatable bonds is 10. The van der Waals surface area contributed by atoms with E-state index in [9.17, 15) is 18.0 Å². The van der Waals surface area contributed by atoms with Crippen molar-refractivity contribution in [1.82, 2.24) is 24.3 Å². The summed E-state index contributed by atoms with van der Waals surface area (Å²) in [4.78, 5) is 31.9. The van der Waals surface area contributed by atoms with Gasteiger partial charge in [-0.2, -0.15) is 4.31 Å². The molecule has 2 saturated heterocycles. The fourth-order valence-electron chi connectivity index (χ4n) is 5.44. The molecule has 2 aliphatic heterocycles. The number of benzene rings is 1. The lowest BCUT2D eigenvalue weighted by atomic mass is 9.95. The number of nitrogens with zero attached hydrogens (tertiary/aromatic N) is 4. The van der Waals surface area contributed by atoms with E-state index in [0.717, 1.165) is 43.3 Å². The zero-order chi connectivity index (χ0) is 27.3. The van der Waals surface area contributed by atoms with Gasteiger partial charge in [0.1, 0.15) is 5.75 Å². The molecular formula is C26H43N5O5S. The highest BCUT2D eigenvalue weighted by Crippen LogP contribution is 2.28. The first-order valence-corrected chi connectivity index (χ1v) is 14.4. The number of nitrogens with one attached hydrogen (secondary N) is 1. The number of ether oxygens (including phenoxy) is 1. The van der Waals surface area contributed by atoms with E-state index in [2.05, 4.69) is 22.2 Å². The topological polar surface area (TPSA) is 102 Å². The predicted octanol–water partition coefficient (Wildman–Crippen LogP) is 0.923. The lowest BCUT2D eigenvalue weighted by Crippen LogP contribution is -2.46. The number of hydrogen-bond acceptors (Lipinski definition) is 7. The molecule has 0 aromatic heterocycles. The summed E-state index contributed by atoms with van der Waals surface area (Å²) in [5.74, 6) is 0.323. The molecule has 0 saturated carbocycles. The second-order valence-corrected chi connectivity index (χ2v) is 12.6. The van der Waals surface area contributed by atoms with Gasteiger partial charge in [0.15, 0.2) is 0 Å². The summed E-state index contributed by atoms with van der Waals surface area (Å²) in [6, 6.07) is 3.96. The molecule has 3 rings (SSSR count). The van der Waals surface area contributed by atoms with E-state index in [-0.39, 0.29) is 23.9 Å². The first-order valence-electron chi connectivity index (χ1n) is 13.0. The van der Waals surface area contributed by atoms with E-state index in [1.54, 1.807) is 37.9 Å². The smallest absolute Gasteiger partial charge is 0.243 e. The fraction of sp³-hybridized carbons (Fsp3) is 0.692. The van der Waals surface area contributed by atoms with Gasteiger partial charge < -0.3 is 19.9 Å². The van der Waals surface area contributed by atoms with Gasteiger partial charge in [-0.05, 0) is 89.0 Å². The third-order valence-electron chi connectivity index (χ3n) is 7.63. The van der Waals surface area contributed by atoms with Crippen LogP contribution in [0.15, 0.2) is 17.0 Å². The van der Waals surface area contributed by atoms with Crippen molar-refractivity contribution in [3.05, 3.63) is 23.3 Å². The minimum Gasteiger partial charge on any atom is -0.497 e. The molecule has 0 bridgehead atoms. The Bertz CT molecular complexity index is 1050. The fourth-order valence-corrected chi connectivity index (χ4v) is 6.97. The Labute approximate surface area is 222 Å². The van der Waals surface area contributed by atoms with Crippen molar-refractivity contribution in [1.29, 1.82) is 0 Å². The molecule has 0 radical (unpaired) electrons. The number of likely N-dealkylation sites (N-methyl/N-ethyl adjacent to an activating group) is 3. The number of carbonyl (C=O) groups is 2. The van der Waals surface area contributed by atoms with E-state index in [4.69, 9.17) is 4.74 Å². The van der Waals surface area contributed by atoms with Crippen LogP contribution < -0.4 is 10.1 Å². The number of sulfonamides is 1. The van der Waals surface area contributed by atoms with Crippen molar-refractivity contribution in [2.45, 2.75) is 44.0 Å². The van der Waals surface area contributed by atoms with Gasteiger partial charge in [-0.25, -0.2) is 8.42 Å². The Balaban J connectivity index is 1.44. The van der Waals surface area contributed by atoms with E-state index in [1.807, 2.05) is 0 Å². The van der Waals surface area contributed by atoms with Gasteiger partial charge in [0.25, 0.3) is 0 Å². The van der Waals surface area contributed by atoms with E-state index in [1.165, 1.54) is 20.6 Å². The molecule has 1 N–H and O–H groups in total. The number of piperidine rings is 1. The molecule has 2 amide bonds. The quantitative estimate of drug-likeness (QED) is 0.474. The Morgan fingerprint density at radius 1 is 1.08 bits per heavy atom. The van der Waals surface area contributed by atoms with Gasteiger partial charge in [0.2, 0.25) is 21.8 Å². The van der Waals surface area contributed by atoms with Crippen LogP contribution in [0.25, 0.3) is 0 Å². The van der Waals surface area contributed by atoms with Gasteiger partial charge in [0, 0.05) is 33.2 Å². The highest BCUT2D eigenvalue weighted by Gasteiger charge is 2.30. The number of aryl methyl sites for hydroxylation is 2. The molecule has 2 aliphatic rings. The van der Waals surface area contributed by atoms with E-state index in [0.29, 0.717) is 35.4 Å². The largest absolute Gasteiger partial charge is 0.497 e. The third-order valence-corrected chi connectivity index (χ3v) is 9.74. The van der Waals surface area contributed by atoms with Gasteiger partial charge in [-0.1, -0.05) is 0 Å². The van der Waals surface area contributed by atoms with Crippen LogP contribution in [0.1, 0.15) is 30.4 Å². The Morgan fingerprint density at radius 2 is 1.70 bits per heavy atom. The average Bonchev–Trinajstić information content (AvgIpc) is 3.28. The van der Waals surface area contributed by atoms with Crippen molar-refractivity contribution in [2.75, 3.05) is 74.1 Å². The summed E-state index contributed by atoms with van der Waals surface area (Å²) < 4.78 is 32.5. The molecule has 1 aromatic rings. The molecule has 10 nitrogen and oxygen atoms in total. The van der Waals surface area contributed by atoms with Crippen molar-refractivity contribution in [3.8, 4) is 5.75 Å². The number of hydrogen-bond donors (Lipinski definition) is 1. The summed E-state index contributed by atoms with van der Waals surface area (Å²) in [7, 11) is 2.93. The normalized spacial score (nSPS) is 19.8. The molecule has 11 heteroatoms.